The molecule has 1 aliphatic heterocycles. The van der Waals surface area contributed by atoms with E-state index in [1.54, 1.807) is 0 Å². The summed E-state index contributed by atoms with van der Waals surface area (Å²) >= 11 is 0. The molecule has 0 unspecified atom stereocenters. The Morgan fingerprint density at radius 2 is 1.79 bits per heavy atom. The highest BCUT2D eigenvalue weighted by Crippen LogP contribution is 2.26. The molecule has 1 fully saturated rings. The topological polar surface area (TPSA) is 70.1 Å². The fraction of sp³-hybridized carbons (Fsp3) is 0.722. The summed E-state index contributed by atoms with van der Waals surface area (Å²) in [4.78, 5) is 5.77. The van der Waals surface area contributed by atoms with Crippen LogP contribution in [0, 0.1) is 0 Å². The van der Waals surface area contributed by atoms with E-state index in [2.05, 4.69) is 28.9 Å². The lowest BCUT2D eigenvalue weighted by atomic mass is 10.0. The van der Waals surface area contributed by atoms with Crippen LogP contribution in [-0.2, 0) is 9.47 Å². The first kappa shape index (κ1) is 18.6. The molecule has 2 rings (SSSR count). The van der Waals surface area contributed by atoms with Gasteiger partial charge in [0.1, 0.15) is 12.2 Å². The van der Waals surface area contributed by atoms with Crippen LogP contribution in [0.3, 0.4) is 0 Å². The van der Waals surface area contributed by atoms with Crippen LogP contribution in [0.2, 0.25) is 0 Å². The van der Waals surface area contributed by atoms with Gasteiger partial charge in [-0.2, -0.15) is 4.79 Å². The summed E-state index contributed by atoms with van der Waals surface area (Å²) in [6.45, 7) is 9.43. The molecular weight excluding hydrogens is 304 g/mol. The zero-order chi connectivity index (χ0) is 17.2. The van der Waals surface area contributed by atoms with Gasteiger partial charge in [-0.25, -0.2) is 0 Å². The van der Waals surface area contributed by atoms with E-state index in [4.69, 9.17) is 9.47 Å². The van der Waals surface area contributed by atoms with Gasteiger partial charge in [-0.15, -0.1) is 0 Å². The largest absolute Gasteiger partial charge is 0.495 e. The van der Waals surface area contributed by atoms with Gasteiger partial charge in [0.2, 0.25) is 5.76 Å². The molecule has 0 amide bonds. The molecule has 0 bridgehead atoms. The SMILES string of the molecule is CCCCOC1=CC(N2CCNCC2)=C(OCCCC)CC1=[N+]=[N-]. The van der Waals surface area contributed by atoms with Crippen molar-refractivity contribution in [3.05, 3.63) is 28.8 Å². The van der Waals surface area contributed by atoms with Crippen molar-refractivity contribution in [2.45, 2.75) is 46.0 Å². The second-order valence-corrected chi connectivity index (χ2v) is 6.18. The summed E-state index contributed by atoms with van der Waals surface area (Å²) in [5.74, 6) is 1.56. The Hall–Kier alpha value is -1.78. The van der Waals surface area contributed by atoms with Gasteiger partial charge in [0, 0.05) is 32.3 Å². The van der Waals surface area contributed by atoms with Gasteiger partial charge in [0.25, 0.3) is 0 Å². The third-order valence-corrected chi connectivity index (χ3v) is 4.27. The van der Waals surface area contributed by atoms with Crippen molar-refractivity contribution in [2.24, 2.45) is 0 Å². The van der Waals surface area contributed by atoms with E-state index in [1.807, 2.05) is 6.08 Å². The molecule has 1 aliphatic carbocycles. The van der Waals surface area contributed by atoms with Crippen LogP contribution in [-0.4, -0.2) is 54.8 Å². The van der Waals surface area contributed by atoms with Crippen LogP contribution in [0.5, 0.6) is 0 Å². The highest BCUT2D eigenvalue weighted by molar-refractivity contribution is 5.97. The molecule has 0 aromatic heterocycles. The predicted octanol–water partition coefficient (Wildman–Crippen LogP) is 2.70. The van der Waals surface area contributed by atoms with Gasteiger partial charge in [0.05, 0.1) is 18.9 Å². The Balaban J connectivity index is 2.21. The van der Waals surface area contributed by atoms with Crippen molar-refractivity contribution in [3.8, 4) is 0 Å². The highest BCUT2D eigenvalue weighted by atomic mass is 16.5. The van der Waals surface area contributed by atoms with E-state index in [9.17, 15) is 5.53 Å². The number of rotatable bonds is 9. The van der Waals surface area contributed by atoms with Gasteiger partial charge < -0.3 is 25.2 Å². The molecule has 0 radical (unpaired) electrons. The average Bonchev–Trinajstić information content (AvgIpc) is 2.63. The Kier molecular flexibility index (Phi) is 7.86. The lowest BCUT2D eigenvalue weighted by molar-refractivity contribution is -0.0142. The molecule has 2 aliphatic rings. The monoisotopic (exact) mass is 334 g/mol. The van der Waals surface area contributed by atoms with Gasteiger partial charge in [-0.1, -0.05) is 26.7 Å². The molecule has 1 heterocycles. The Bertz CT molecular complexity index is 515. The van der Waals surface area contributed by atoms with Gasteiger partial charge >= 0.3 is 5.71 Å². The van der Waals surface area contributed by atoms with Crippen molar-refractivity contribution in [3.63, 3.8) is 0 Å². The van der Waals surface area contributed by atoms with Crippen LogP contribution in [0.4, 0.5) is 0 Å². The minimum atomic E-state index is 0.484. The summed E-state index contributed by atoms with van der Waals surface area (Å²) in [5, 5.41) is 3.37. The minimum absolute atomic E-state index is 0.484. The van der Waals surface area contributed by atoms with Crippen molar-refractivity contribution in [1.82, 2.24) is 10.2 Å². The molecule has 0 atom stereocenters. The maximum Gasteiger partial charge on any atom is 0.341 e. The fourth-order valence-electron chi connectivity index (χ4n) is 2.79. The lowest BCUT2D eigenvalue weighted by Gasteiger charge is -2.33. The first-order valence-electron chi connectivity index (χ1n) is 9.17. The normalized spacial score (nSPS) is 18.3. The Labute approximate surface area is 145 Å². The smallest absolute Gasteiger partial charge is 0.341 e. The molecule has 0 saturated carbocycles. The molecule has 0 spiro atoms. The number of unbranched alkanes of at least 4 members (excludes halogenated alkanes) is 2. The number of allylic oxidation sites excluding steroid dienone is 3. The summed E-state index contributed by atoms with van der Waals surface area (Å²) < 4.78 is 11.9. The van der Waals surface area contributed by atoms with Crippen LogP contribution in [0.25, 0.3) is 5.53 Å². The van der Waals surface area contributed by atoms with Crippen molar-refractivity contribution in [2.75, 3.05) is 39.4 Å². The highest BCUT2D eigenvalue weighted by Gasteiger charge is 2.30. The first-order chi connectivity index (χ1) is 11.8. The zero-order valence-electron chi connectivity index (χ0n) is 15.0. The molecule has 24 heavy (non-hydrogen) atoms. The predicted molar refractivity (Wildman–Crippen MR) is 94.5 cm³/mol. The maximum absolute atomic E-state index is 9.37. The molecule has 6 nitrogen and oxygen atoms in total. The number of ether oxygens (including phenoxy) is 2. The number of hydrogen-bond donors (Lipinski definition) is 1. The molecule has 1 N–H and O–H groups in total. The fourth-order valence-corrected chi connectivity index (χ4v) is 2.79. The molecule has 0 aromatic carbocycles. The molecule has 0 aromatic rings. The molecule has 134 valence electrons. The number of nitrogens with zero attached hydrogens (tertiary/aromatic N) is 3. The maximum atomic E-state index is 9.37. The molecule has 6 heteroatoms. The Morgan fingerprint density at radius 3 is 2.42 bits per heavy atom. The summed E-state index contributed by atoms with van der Waals surface area (Å²) in [6.07, 6.45) is 6.65. The van der Waals surface area contributed by atoms with E-state index >= 15 is 0 Å². The van der Waals surface area contributed by atoms with Crippen molar-refractivity contribution >= 4 is 5.71 Å². The minimum Gasteiger partial charge on any atom is -0.495 e. The number of piperazine rings is 1. The third kappa shape index (κ3) is 5.11. The Morgan fingerprint density at radius 1 is 1.12 bits per heavy atom. The average molecular weight is 334 g/mol. The standard InChI is InChI=1S/C18H30N4O2/c1-3-5-11-23-17-14-16(22-9-7-20-8-10-22)18(13-15(17)21-19)24-12-6-4-2/h14,20H,3-13H2,1-2H3. The van der Waals surface area contributed by atoms with Crippen molar-refractivity contribution < 1.29 is 14.3 Å². The van der Waals surface area contributed by atoms with Crippen LogP contribution >= 0.6 is 0 Å². The second-order valence-electron chi connectivity index (χ2n) is 6.18. The lowest BCUT2D eigenvalue weighted by Crippen LogP contribution is -2.43. The number of nitrogens with one attached hydrogen (secondary N) is 1. The first-order valence-corrected chi connectivity index (χ1v) is 9.17. The van der Waals surface area contributed by atoms with E-state index in [0.717, 1.165) is 63.3 Å². The van der Waals surface area contributed by atoms with E-state index in [0.29, 0.717) is 31.1 Å². The van der Waals surface area contributed by atoms with Crippen LogP contribution < -0.4 is 5.32 Å². The summed E-state index contributed by atoms with van der Waals surface area (Å²) in [6, 6.07) is 0. The van der Waals surface area contributed by atoms with E-state index in [1.165, 1.54) is 0 Å². The second kappa shape index (κ2) is 10.2. The third-order valence-electron chi connectivity index (χ3n) is 4.27. The van der Waals surface area contributed by atoms with Gasteiger partial charge in [-0.05, 0) is 12.8 Å². The number of hydrogen-bond acceptors (Lipinski definition) is 4. The van der Waals surface area contributed by atoms with Crippen LogP contribution in [0.1, 0.15) is 46.0 Å². The zero-order valence-corrected chi connectivity index (χ0v) is 15.0. The van der Waals surface area contributed by atoms with Crippen LogP contribution in [0.15, 0.2) is 23.3 Å². The summed E-state index contributed by atoms with van der Waals surface area (Å²) in [5.41, 5.74) is 11.0. The van der Waals surface area contributed by atoms with E-state index < -0.39 is 0 Å². The van der Waals surface area contributed by atoms with Gasteiger partial charge in [-0.3, -0.25) is 0 Å². The van der Waals surface area contributed by atoms with Gasteiger partial charge in [0.15, 0.2) is 0 Å². The van der Waals surface area contributed by atoms with E-state index in [-0.39, 0.29) is 0 Å². The van der Waals surface area contributed by atoms with Crippen molar-refractivity contribution in [1.29, 1.82) is 0 Å². The summed E-state index contributed by atoms with van der Waals surface area (Å²) in [7, 11) is 0. The quantitative estimate of drug-likeness (QED) is 0.400. The molecule has 1 saturated heterocycles. The molecular formula is C18H30N4O2.